The highest BCUT2D eigenvalue weighted by atomic mass is 32.2. The molecule has 2 aromatic rings. The van der Waals surface area contributed by atoms with Crippen molar-refractivity contribution in [3.8, 4) is 0 Å². The van der Waals surface area contributed by atoms with Gasteiger partial charge in [0.05, 0.1) is 5.56 Å². The van der Waals surface area contributed by atoms with Crippen LogP contribution >= 0.6 is 0 Å². The van der Waals surface area contributed by atoms with Gasteiger partial charge in [-0.1, -0.05) is 55.3 Å². The first-order valence-electron chi connectivity index (χ1n) is 12.0. The highest BCUT2D eigenvalue weighted by molar-refractivity contribution is 7.90. The van der Waals surface area contributed by atoms with Gasteiger partial charge in [0.15, 0.2) is 0 Å². The monoisotopic (exact) mass is 499 g/mol. The maximum atomic E-state index is 13.2. The zero-order valence-electron chi connectivity index (χ0n) is 20.5. The van der Waals surface area contributed by atoms with Gasteiger partial charge in [0.25, 0.3) is 15.9 Å². The number of unbranched alkanes of at least 4 members (excludes halogenated alkanes) is 1. The third kappa shape index (κ3) is 6.08. The van der Waals surface area contributed by atoms with Crippen molar-refractivity contribution in [3.05, 3.63) is 65.2 Å². The molecule has 0 spiro atoms. The zero-order valence-corrected chi connectivity index (χ0v) is 21.3. The second kappa shape index (κ2) is 11.5. The largest absolute Gasteiger partial charge is 0.354 e. The molecule has 35 heavy (non-hydrogen) atoms. The van der Waals surface area contributed by atoms with E-state index in [0.717, 1.165) is 28.3 Å². The SMILES string of the molecule is CCCCNC(=O)[C@H](C)N(Cc1cccc(C)c1)C(=O)CCCN1C(=O)c2ccccc2S1(=O)=O. The molecule has 3 rings (SSSR count). The minimum atomic E-state index is -3.91. The highest BCUT2D eigenvalue weighted by Gasteiger charge is 2.40. The van der Waals surface area contributed by atoms with Crippen molar-refractivity contribution in [2.24, 2.45) is 0 Å². The molecule has 0 saturated heterocycles. The predicted molar refractivity (Wildman–Crippen MR) is 133 cm³/mol. The van der Waals surface area contributed by atoms with Crippen LogP contribution in [0, 0.1) is 6.92 Å². The van der Waals surface area contributed by atoms with Crippen molar-refractivity contribution < 1.29 is 22.8 Å². The molecule has 1 aliphatic rings. The van der Waals surface area contributed by atoms with E-state index >= 15 is 0 Å². The molecular formula is C26H33N3O5S. The Hall–Kier alpha value is -3.20. The molecule has 0 bridgehead atoms. The van der Waals surface area contributed by atoms with E-state index in [0.29, 0.717) is 6.54 Å². The second-order valence-corrected chi connectivity index (χ2v) is 10.6. The van der Waals surface area contributed by atoms with E-state index in [1.165, 1.54) is 17.0 Å². The first kappa shape index (κ1) is 26.4. The first-order chi connectivity index (χ1) is 16.7. The molecule has 8 nitrogen and oxygen atoms in total. The molecular weight excluding hydrogens is 466 g/mol. The number of nitrogens with one attached hydrogen (secondary N) is 1. The summed E-state index contributed by atoms with van der Waals surface area (Å²) in [5, 5.41) is 2.88. The fourth-order valence-corrected chi connectivity index (χ4v) is 5.70. The van der Waals surface area contributed by atoms with Gasteiger partial charge in [0, 0.05) is 26.1 Å². The smallest absolute Gasteiger partial charge is 0.269 e. The molecule has 3 amide bonds. The molecule has 0 aliphatic carbocycles. The number of amides is 3. The van der Waals surface area contributed by atoms with E-state index in [9.17, 15) is 22.8 Å². The average molecular weight is 500 g/mol. The lowest BCUT2D eigenvalue weighted by Crippen LogP contribution is -2.48. The molecule has 0 radical (unpaired) electrons. The Morgan fingerprint density at radius 3 is 2.51 bits per heavy atom. The molecule has 1 N–H and O–H groups in total. The van der Waals surface area contributed by atoms with Crippen molar-refractivity contribution >= 4 is 27.7 Å². The standard InChI is InChI=1S/C26H33N3O5S/c1-4-5-15-27-25(31)20(3)28(18-21-11-8-10-19(2)17-21)24(30)14-9-16-29-26(32)22-12-6-7-13-23(22)35(29,33)34/h6-8,10-13,17,20H,4-5,9,14-16,18H2,1-3H3,(H,27,31)/t20-/m0/s1. The Balaban J connectivity index is 1.69. The number of rotatable bonds is 11. The Morgan fingerprint density at radius 2 is 1.83 bits per heavy atom. The van der Waals surface area contributed by atoms with Crippen LogP contribution < -0.4 is 5.32 Å². The summed E-state index contributed by atoms with van der Waals surface area (Å²) < 4.78 is 26.3. The summed E-state index contributed by atoms with van der Waals surface area (Å²) in [6, 6.07) is 13.1. The van der Waals surface area contributed by atoms with Gasteiger partial charge in [-0.05, 0) is 44.4 Å². The van der Waals surface area contributed by atoms with Crippen LogP contribution in [-0.4, -0.2) is 54.5 Å². The number of carbonyl (C=O) groups is 3. The normalized spacial score (nSPS) is 14.9. The van der Waals surface area contributed by atoms with E-state index < -0.39 is 22.0 Å². The van der Waals surface area contributed by atoms with Crippen LogP contribution in [0.4, 0.5) is 0 Å². The molecule has 1 heterocycles. The topological polar surface area (TPSA) is 104 Å². The molecule has 188 valence electrons. The van der Waals surface area contributed by atoms with Crippen molar-refractivity contribution in [2.45, 2.75) is 63.9 Å². The number of nitrogens with zero attached hydrogens (tertiary/aromatic N) is 2. The van der Waals surface area contributed by atoms with Gasteiger partial charge in [0.1, 0.15) is 10.9 Å². The number of hydrogen-bond acceptors (Lipinski definition) is 5. The molecule has 0 fully saturated rings. The number of benzene rings is 2. The van der Waals surface area contributed by atoms with Gasteiger partial charge in [-0.2, -0.15) is 0 Å². The predicted octanol–water partition coefficient (Wildman–Crippen LogP) is 3.25. The van der Waals surface area contributed by atoms with Gasteiger partial charge in [-0.25, -0.2) is 12.7 Å². The minimum absolute atomic E-state index is 0.00484. The number of carbonyl (C=O) groups excluding carboxylic acids is 3. The van der Waals surface area contributed by atoms with E-state index in [1.807, 2.05) is 38.1 Å². The molecule has 0 unspecified atom stereocenters. The van der Waals surface area contributed by atoms with Crippen LogP contribution in [-0.2, 0) is 26.2 Å². The van der Waals surface area contributed by atoms with Gasteiger partial charge in [0.2, 0.25) is 11.8 Å². The summed E-state index contributed by atoms with van der Waals surface area (Å²) >= 11 is 0. The molecule has 2 aromatic carbocycles. The van der Waals surface area contributed by atoms with Gasteiger partial charge < -0.3 is 10.2 Å². The van der Waals surface area contributed by atoms with E-state index in [-0.39, 0.29) is 48.2 Å². The fourth-order valence-electron chi connectivity index (χ4n) is 4.10. The van der Waals surface area contributed by atoms with E-state index in [2.05, 4.69) is 5.32 Å². The lowest BCUT2D eigenvalue weighted by Gasteiger charge is -2.29. The Morgan fingerprint density at radius 1 is 1.09 bits per heavy atom. The van der Waals surface area contributed by atoms with Crippen LogP contribution in [0.3, 0.4) is 0 Å². The number of sulfonamides is 1. The number of aryl methyl sites for hydroxylation is 1. The van der Waals surface area contributed by atoms with Crippen LogP contribution in [0.2, 0.25) is 0 Å². The summed E-state index contributed by atoms with van der Waals surface area (Å²) in [5.41, 5.74) is 2.10. The Labute approximate surface area is 207 Å². The summed E-state index contributed by atoms with van der Waals surface area (Å²) in [6.07, 6.45) is 1.97. The Kier molecular flexibility index (Phi) is 8.67. The summed E-state index contributed by atoms with van der Waals surface area (Å²) in [6.45, 7) is 6.39. The van der Waals surface area contributed by atoms with Crippen molar-refractivity contribution in [2.75, 3.05) is 13.1 Å². The lowest BCUT2D eigenvalue weighted by molar-refractivity contribution is -0.140. The van der Waals surface area contributed by atoms with Crippen molar-refractivity contribution in [3.63, 3.8) is 0 Å². The third-order valence-corrected chi connectivity index (χ3v) is 7.94. The van der Waals surface area contributed by atoms with Crippen LogP contribution in [0.15, 0.2) is 53.4 Å². The van der Waals surface area contributed by atoms with Crippen molar-refractivity contribution in [1.29, 1.82) is 0 Å². The number of hydrogen-bond donors (Lipinski definition) is 1. The van der Waals surface area contributed by atoms with Gasteiger partial charge in [-0.3, -0.25) is 14.4 Å². The van der Waals surface area contributed by atoms with Crippen LogP contribution in [0.1, 0.15) is 61.0 Å². The highest BCUT2D eigenvalue weighted by Crippen LogP contribution is 2.30. The molecule has 9 heteroatoms. The van der Waals surface area contributed by atoms with E-state index in [4.69, 9.17) is 0 Å². The zero-order chi connectivity index (χ0) is 25.6. The summed E-state index contributed by atoms with van der Waals surface area (Å²) in [7, 11) is -3.91. The summed E-state index contributed by atoms with van der Waals surface area (Å²) in [5.74, 6) is -1.08. The maximum absolute atomic E-state index is 13.2. The molecule has 0 aromatic heterocycles. The van der Waals surface area contributed by atoms with Gasteiger partial charge in [-0.15, -0.1) is 0 Å². The molecule has 1 atom stereocenters. The minimum Gasteiger partial charge on any atom is -0.354 e. The van der Waals surface area contributed by atoms with E-state index in [1.54, 1.807) is 19.1 Å². The van der Waals surface area contributed by atoms with Crippen LogP contribution in [0.5, 0.6) is 0 Å². The van der Waals surface area contributed by atoms with Crippen molar-refractivity contribution in [1.82, 2.24) is 14.5 Å². The first-order valence-corrected chi connectivity index (χ1v) is 13.4. The lowest BCUT2D eigenvalue weighted by atomic mass is 10.1. The summed E-state index contributed by atoms with van der Waals surface area (Å²) in [4.78, 5) is 40.1. The number of fused-ring (bicyclic) bond motifs is 1. The average Bonchev–Trinajstić information content (AvgIpc) is 3.02. The third-order valence-electron chi connectivity index (χ3n) is 6.10. The molecule has 1 aliphatic heterocycles. The fraction of sp³-hybridized carbons (Fsp3) is 0.423. The maximum Gasteiger partial charge on any atom is 0.269 e. The Bertz CT molecular complexity index is 1190. The van der Waals surface area contributed by atoms with Crippen LogP contribution in [0.25, 0.3) is 0 Å². The molecule has 0 saturated carbocycles. The van der Waals surface area contributed by atoms with Gasteiger partial charge >= 0.3 is 0 Å². The quantitative estimate of drug-likeness (QED) is 0.478. The second-order valence-electron chi connectivity index (χ2n) is 8.81.